The predicted molar refractivity (Wildman–Crippen MR) is 114 cm³/mol. The van der Waals surface area contributed by atoms with Crippen LogP contribution in [0.1, 0.15) is 26.3 Å². The fourth-order valence-electron chi connectivity index (χ4n) is 2.26. The zero-order valence-corrected chi connectivity index (χ0v) is 18.9. The fourth-order valence-corrected chi connectivity index (χ4v) is 3.86. The summed E-state index contributed by atoms with van der Waals surface area (Å²) in [6.07, 6.45) is 2.32. The maximum absolute atomic E-state index is 13.6. The van der Waals surface area contributed by atoms with Gasteiger partial charge in [0.1, 0.15) is 20.0 Å². The van der Waals surface area contributed by atoms with Crippen LogP contribution in [-0.2, 0) is 14.6 Å². The first-order chi connectivity index (χ1) is 12.7. The lowest BCUT2D eigenvalue weighted by atomic mass is 10.1. The van der Waals surface area contributed by atoms with Crippen LogP contribution >= 0.6 is 35.8 Å². The van der Waals surface area contributed by atoms with Gasteiger partial charge in [0.2, 0.25) is 5.91 Å². The van der Waals surface area contributed by atoms with E-state index in [1.807, 2.05) is 0 Å². The number of hydrogen-bond donors (Lipinski definition) is 1. The highest BCUT2D eigenvalue weighted by Gasteiger charge is 2.26. The number of aromatic nitrogens is 1. The summed E-state index contributed by atoms with van der Waals surface area (Å²) in [5.74, 6) is -2.38. The molecule has 1 unspecified atom stereocenters. The zero-order chi connectivity index (χ0) is 21.8. The topological polar surface area (TPSA) is 79.7 Å². The highest BCUT2D eigenvalue weighted by molar-refractivity contribution is 7.97. The Morgan fingerprint density at radius 2 is 2.04 bits per heavy atom. The highest BCUT2D eigenvalue weighted by atomic mass is 35.5. The molecule has 0 radical (unpaired) electrons. The van der Waals surface area contributed by atoms with Crippen molar-refractivity contribution >= 4 is 56.6 Å². The number of sulfone groups is 1. The van der Waals surface area contributed by atoms with Gasteiger partial charge in [0.15, 0.2) is 11.0 Å². The third-order valence-electron chi connectivity index (χ3n) is 3.47. The van der Waals surface area contributed by atoms with Crippen molar-refractivity contribution in [1.29, 1.82) is 0 Å². The maximum atomic E-state index is 13.6. The Labute approximate surface area is 179 Å². The first-order valence-corrected chi connectivity index (χ1v) is 11.1. The first kappa shape index (κ1) is 24.6. The van der Waals surface area contributed by atoms with Crippen LogP contribution in [0, 0.1) is 11.7 Å². The predicted octanol–water partition coefficient (Wildman–Crippen LogP) is 4.02. The van der Waals surface area contributed by atoms with E-state index >= 15 is 0 Å². The normalized spacial score (nSPS) is 14.4. The number of carbonyl (C=O) groups excluding carboxylic acids is 1. The Balaban J connectivity index is 3.27. The molecule has 0 N–H and O–H groups in total. The van der Waals surface area contributed by atoms with Crippen LogP contribution in [0.3, 0.4) is 0 Å². The van der Waals surface area contributed by atoms with Gasteiger partial charge in [-0.05, 0) is 19.9 Å². The lowest BCUT2D eigenvalue weighted by Gasteiger charge is -2.26. The molecule has 0 aliphatic heterocycles. The Bertz CT molecular complexity index is 962. The number of hydrogen-bond acceptors (Lipinski definition) is 5. The molecule has 1 heterocycles. The van der Waals surface area contributed by atoms with Crippen molar-refractivity contribution in [2.24, 2.45) is 10.9 Å². The SMILES string of the molecule is C=C(C)N(C(=O)C(C)CS(C)(=O)=O)/C(C)=C(Cl)/N=C(\S)c1cnc(Cl)c(F)c1. The molecule has 0 saturated carbocycles. The van der Waals surface area contributed by atoms with Gasteiger partial charge >= 0.3 is 0 Å². The third-order valence-corrected chi connectivity index (χ3v) is 5.57. The van der Waals surface area contributed by atoms with Crippen LogP contribution in [0.15, 0.2) is 40.4 Å². The number of amides is 1. The van der Waals surface area contributed by atoms with Gasteiger partial charge in [0, 0.05) is 29.6 Å². The molecule has 1 amide bonds. The van der Waals surface area contributed by atoms with Crippen LogP contribution in [0.25, 0.3) is 0 Å². The van der Waals surface area contributed by atoms with E-state index < -0.39 is 27.5 Å². The van der Waals surface area contributed by atoms with E-state index in [9.17, 15) is 17.6 Å². The Morgan fingerprint density at radius 3 is 2.50 bits per heavy atom. The minimum Gasteiger partial charge on any atom is -0.286 e. The quantitative estimate of drug-likeness (QED) is 0.216. The van der Waals surface area contributed by atoms with Crippen LogP contribution < -0.4 is 0 Å². The standard InChI is InChI=1S/C17H20Cl2FN3O3S2/c1-9(2)23(17(24)10(3)8-28(5,25)26)11(4)14(18)22-16(27)12-6-13(20)15(19)21-7-12/h6-7,10H,1,8H2,2-5H3,(H,22,27)/b14-11+. The minimum absolute atomic E-state index is 0.0470. The molecular weight excluding hydrogens is 448 g/mol. The van der Waals surface area contributed by atoms with E-state index in [1.54, 1.807) is 6.92 Å². The average Bonchev–Trinajstić information content (AvgIpc) is 2.55. The Morgan fingerprint density at radius 1 is 1.46 bits per heavy atom. The van der Waals surface area contributed by atoms with Crippen molar-refractivity contribution in [2.45, 2.75) is 20.8 Å². The number of aliphatic imine (C=N–C) groups is 1. The Hall–Kier alpha value is -1.42. The third kappa shape index (κ3) is 6.88. The van der Waals surface area contributed by atoms with Gasteiger partial charge < -0.3 is 0 Å². The molecular formula is C17H20Cl2FN3O3S2. The molecule has 0 fully saturated rings. The van der Waals surface area contributed by atoms with Crippen molar-refractivity contribution in [3.8, 4) is 0 Å². The summed E-state index contributed by atoms with van der Waals surface area (Å²) in [4.78, 5) is 21.6. The van der Waals surface area contributed by atoms with E-state index in [4.69, 9.17) is 23.2 Å². The number of nitrogens with zero attached hydrogens (tertiary/aromatic N) is 3. The van der Waals surface area contributed by atoms with Gasteiger partial charge in [-0.25, -0.2) is 22.8 Å². The molecule has 0 bridgehead atoms. The first-order valence-electron chi connectivity index (χ1n) is 7.87. The van der Waals surface area contributed by atoms with Crippen molar-refractivity contribution in [3.63, 3.8) is 0 Å². The summed E-state index contributed by atoms with van der Waals surface area (Å²) in [5.41, 5.74) is 0.777. The number of carbonyl (C=O) groups is 1. The smallest absolute Gasteiger partial charge is 0.234 e. The monoisotopic (exact) mass is 467 g/mol. The fraction of sp³-hybridized carbons (Fsp3) is 0.353. The summed E-state index contributed by atoms with van der Waals surface area (Å²) in [6, 6.07) is 1.09. The van der Waals surface area contributed by atoms with Crippen LogP contribution in [0.4, 0.5) is 4.39 Å². The van der Waals surface area contributed by atoms with Gasteiger partial charge in [-0.2, -0.15) is 0 Å². The van der Waals surface area contributed by atoms with Gasteiger partial charge in [0.25, 0.3) is 0 Å². The number of rotatable bonds is 7. The molecule has 0 aromatic carbocycles. The van der Waals surface area contributed by atoms with Gasteiger partial charge in [0.05, 0.1) is 11.4 Å². The molecule has 0 aliphatic carbocycles. The van der Waals surface area contributed by atoms with Crippen molar-refractivity contribution < 1.29 is 17.6 Å². The minimum atomic E-state index is -3.36. The van der Waals surface area contributed by atoms with Crippen LogP contribution in [0.2, 0.25) is 5.15 Å². The molecule has 0 aliphatic rings. The number of allylic oxidation sites excluding steroid dienone is 2. The van der Waals surface area contributed by atoms with E-state index in [0.717, 1.165) is 12.3 Å². The number of thiol groups is 1. The lowest BCUT2D eigenvalue weighted by molar-refractivity contribution is -0.130. The summed E-state index contributed by atoms with van der Waals surface area (Å²) in [6.45, 7) is 8.33. The lowest BCUT2D eigenvalue weighted by Crippen LogP contribution is -2.35. The number of halogens is 3. The second-order valence-electron chi connectivity index (χ2n) is 6.21. The van der Waals surface area contributed by atoms with Crippen molar-refractivity contribution in [2.75, 3.05) is 12.0 Å². The molecule has 0 spiro atoms. The second-order valence-corrected chi connectivity index (χ2v) is 9.54. The van der Waals surface area contributed by atoms with Crippen molar-refractivity contribution in [1.82, 2.24) is 9.88 Å². The molecule has 1 aromatic rings. The van der Waals surface area contributed by atoms with Gasteiger partial charge in [-0.15, -0.1) is 12.6 Å². The second kappa shape index (κ2) is 9.87. The molecule has 1 rings (SSSR count). The summed E-state index contributed by atoms with van der Waals surface area (Å²) in [5, 5.41) is -0.351. The molecule has 11 heteroatoms. The van der Waals surface area contributed by atoms with Crippen LogP contribution in [-0.4, -0.2) is 41.3 Å². The molecule has 28 heavy (non-hydrogen) atoms. The molecule has 6 nitrogen and oxygen atoms in total. The van der Waals surface area contributed by atoms with Gasteiger partial charge in [-0.1, -0.05) is 36.7 Å². The highest BCUT2D eigenvalue weighted by Crippen LogP contribution is 2.24. The van der Waals surface area contributed by atoms with E-state index in [-0.39, 0.29) is 32.4 Å². The van der Waals surface area contributed by atoms with E-state index in [2.05, 4.69) is 29.2 Å². The zero-order valence-electron chi connectivity index (χ0n) is 15.7. The van der Waals surface area contributed by atoms with Crippen molar-refractivity contribution in [3.05, 3.63) is 51.9 Å². The summed E-state index contributed by atoms with van der Waals surface area (Å²) >= 11 is 15.9. The maximum Gasteiger partial charge on any atom is 0.234 e. The molecule has 154 valence electrons. The molecule has 1 atom stereocenters. The van der Waals surface area contributed by atoms with Crippen LogP contribution in [0.5, 0.6) is 0 Å². The molecule has 0 saturated heterocycles. The number of pyridine rings is 1. The summed E-state index contributed by atoms with van der Waals surface area (Å²) < 4.78 is 36.5. The largest absolute Gasteiger partial charge is 0.286 e. The van der Waals surface area contributed by atoms with E-state index in [1.165, 1.54) is 24.9 Å². The Kier molecular flexibility index (Phi) is 8.67. The van der Waals surface area contributed by atoms with Gasteiger partial charge in [-0.3, -0.25) is 9.69 Å². The molecule has 1 aromatic heterocycles. The summed E-state index contributed by atoms with van der Waals surface area (Å²) in [7, 11) is -3.36. The average molecular weight is 468 g/mol. The van der Waals surface area contributed by atoms with E-state index in [0.29, 0.717) is 5.70 Å².